The fourth-order valence-electron chi connectivity index (χ4n) is 3.73. The third-order valence-electron chi connectivity index (χ3n) is 5.52. The number of methoxy groups -OCH3 is 2. The number of likely N-dealkylation sites (tertiary alicyclic amines) is 1. The molecule has 1 fully saturated rings. The van der Waals surface area contributed by atoms with Crippen molar-refractivity contribution in [3.05, 3.63) is 48.0 Å². The van der Waals surface area contributed by atoms with E-state index in [2.05, 4.69) is 4.72 Å². The lowest BCUT2D eigenvalue weighted by Gasteiger charge is -2.22. The predicted octanol–water partition coefficient (Wildman–Crippen LogP) is 3.47. The van der Waals surface area contributed by atoms with Crippen molar-refractivity contribution in [1.82, 2.24) is 9.62 Å². The molecule has 2 aromatic rings. The molecule has 2 aromatic carbocycles. The highest BCUT2D eigenvalue weighted by Crippen LogP contribution is 2.25. The Balaban J connectivity index is 1.70. The van der Waals surface area contributed by atoms with Gasteiger partial charge in [0.1, 0.15) is 23.9 Å². The van der Waals surface area contributed by atoms with E-state index in [1.807, 2.05) is 0 Å². The number of hydrogen-bond donors (Lipinski definition) is 1. The quantitative estimate of drug-likeness (QED) is 0.596. The van der Waals surface area contributed by atoms with Crippen molar-refractivity contribution in [2.75, 3.05) is 33.9 Å². The minimum absolute atomic E-state index is 0.0118. The lowest BCUT2D eigenvalue weighted by molar-refractivity contribution is 0.0758. The molecule has 0 aromatic heterocycles. The second kappa shape index (κ2) is 11.4. The first-order chi connectivity index (χ1) is 15.8. The summed E-state index contributed by atoms with van der Waals surface area (Å²) in [4.78, 5) is 14.9. The molecule has 1 heterocycles. The van der Waals surface area contributed by atoms with E-state index in [1.165, 1.54) is 25.3 Å². The number of benzene rings is 2. The number of nitrogens with one attached hydrogen (secondary N) is 1. The minimum Gasteiger partial charge on any atom is -0.497 e. The molecule has 33 heavy (non-hydrogen) atoms. The maximum atomic E-state index is 13.1. The van der Waals surface area contributed by atoms with Crippen LogP contribution in [-0.4, -0.2) is 59.2 Å². The lowest BCUT2D eigenvalue weighted by Crippen LogP contribution is -2.37. The van der Waals surface area contributed by atoms with Gasteiger partial charge in [0.05, 0.1) is 30.7 Å². The third kappa shape index (κ3) is 6.61. The molecule has 8 nitrogen and oxygen atoms in total. The smallest absolute Gasteiger partial charge is 0.257 e. The Morgan fingerprint density at radius 2 is 1.61 bits per heavy atom. The van der Waals surface area contributed by atoms with Gasteiger partial charge in [0, 0.05) is 13.1 Å². The van der Waals surface area contributed by atoms with Gasteiger partial charge in [-0.3, -0.25) is 4.79 Å². The van der Waals surface area contributed by atoms with Gasteiger partial charge in [-0.2, -0.15) is 0 Å². The molecular weight excluding hydrogens is 444 g/mol. The van der Waals surface area contributed by atoms with Crippen molar-refractivity contribution in [2.24, 2.45) is 0 Å². The maximum Gasteiger partial charge on any atom is 0.257 e. The fourth-order valence-corrected chi connectivity index (χ4v) is 4.98. The van der Waals surface area contributed by atoms with Crippen molar-refractivity contribution in [2.45, 2.75) is 43.5 Å². The zero-order valence-electron chi connectivity index (χ0n) is 19.4. The van der Waals surface area contributed by atoms with Crippen LogP contribution in [0, 0.1) is 0 Å². The van der Waals surface area contributed by atoms with Crippen LogP contribution < -0.4 is 18.9 Å². The van der Waals surface area contributed by atoms with E-state index < -0.39 is 16.1 Å². The van der Waals surface area contributed by atoms with E-state index in [0.717, 1.165) is 25.7 Å². The molecular formula is C24H32N2O6S. The molecule has 9 heteroatoms. The fraction of sp³-hybridized carbons (Fsp3) is 0.458. The molecule has 1 atom stereocenters. The lowest BCUT2D eigenvalue weighted by atomic mass is 10.1. The minimum atomic E-state index is -3.87. The molecule has 3 rings (SSSR count). The van der Waals surface area contributed by atoms with E-state index in [4.69, 9.17) is 14.2 Å². The summed E-state index contributed by atoms with van der Waals surface area (Å²) in [7, 11) is -0.816. The van der Waals surface area contributed by atoms with Gasteiger partial charge in [-0.15, -0.1) is 0 Å². The van der Waals surface area contributed by atoms with Crippen LogP contribution in [0.1, 0.15) is 43.0 Å². The summed E-state index contributed by atoms with van der Waals surface area (Å²) in [6.45, 7) is 3.18. The summed E-state index contributed by atoms with van der Waals surface area (Å²) in [5, 5.41) is 0. The first-order valence-corrected chi connectivity index (χ1v) is 12.6. The van der Waals surface area contributed by atoms with Crippen molar-refractivity contribution >= 4 is 15.9 Å². The second-order valence-electron chi connectivity index (χ2n) is 8.08. The number of carbonyl (C=O) groups excluding carboxylic acids is 1. The summed E-state index contributed by atoms with van der Waals surface area (Å²) >= 11 is 0. The Bertz CT molecular complexity index is 1030. The second-order valence-corrected chi connectivity index (χ2v) is 9.79. The number of rotatable bonds is 9. The van der Waals surface area contributed by atoms with Gasteiger partial charge in [0.25, 0.3) is 5.91 Å². The molecule has 1 saturated heterocycles. The van der Waals surface area contributed by atoms with Crippen molar-refractivity contribution in [3.63, 3.8) is 0 Å². The maximum absolute atomic E-state index is 13.1. The van der Waals surface area contributed by atoms with Crippen LogP contribution in [0.25, 0.3) is 0 Å². The molecule has 0 saturated carbocycles. The average Bonchev–Trinajstić information content (AvgIpc) is 3.11. The number of carbonyl (C=O) groups is 1. The number of nitrogens with zero attached hydrogens (tertiary/aromatic N) is 1. The summed E-state index contributed by atoms with van der Waals surface area (Å²) in [5.41, 5.74) is 0.254. The highest BCUT2D eigenvalue weighted by molar-refractivity contribution is 7.89. The normalized spacial score (nSPS) is 15.4. The van der Waals surface area contributed by atoms with E-state index in [1.54, 1.807) is 43.2 Å². The van der Waals surface area contributed by atoms with Crippen LogP contribution in [0.3, 0.4) is 0 Å². The zero-order valence-corrected chi connectivity index (χ0v) is 20.2. The first-order valence-electron chi connectivity index (χ1n) is 11.1. The molecule has 0 spiro atoms. The zero-order chi connectivity index (χ0) is 23.8. The molecule has 1 amide bonds. The predicted molar refractivity (Wildman–Crippen MR) is 126 cm³/mol. The SMILES string of the molecule is COc1ccc(OCC(C)NS(=O)(=O)c2ccc(OC)c(C(=O)N3CCCCCC3)c2)cc1. The molecule has 0 aliphatic carbocycles. The van der Waals surface area contributed by atoms with Crippen molar-refractivity contribution in [3.8, 4) is 17.2 Å². The van der Waals surface area contributed by atoms with Gasteiger partial charge >= 0.3 is 0 Å². The van der Waals surface area contributed by atoms with Crippen LogP contribution in [-0.2, 0) is 10.0 Å². The Morgan fingerprint density at radius 1 is 0.970 bits per heavy atom. The molecule has 1 unspecified atom stereocenters. The van der Waals surface area contributed by atoms with Gasteiger partial charge in [0.15, 0.2) is 0 Å². The molecule has 1 aliphatic heterocycles. The molecule has 0 bridgehead atoms. The van der Waals surface area contributed by atoms with Crippen LogP contribution in [0.5, 0.6) is 17.2 Å². The standard InChI is InChI=1S/C24H32N2O6S/c1-18(17-32-20-10-8-19(30-2)9-11-20)25-33(28,29)21-12-13-23(31-3)22(16-21)24(27)26-14-6-4-5-7-15-26/h8-13,16,18,25H,4-7,14-15,17H2,1-3H3. The van der Waals surface area contributed by atoms with Crippen molar-refractivity contribution in [1.29, 1.82) is 0 Å². The topological polar surface area (TPSA) is 94.2 Å². The van der Waals surface area contributed by atoms with Crippen LogP contribution in [0.15, 0.2) is 47.4 Å². The van der Waals surface area contributed by atoms with Crippen LogP contribution in [0.2, 0.25) is 0 Å². The number of hydrogen-bond acceptors (Lipinski definition) is 6. The average molecular weight is 477 g/mol. The summed E-state index contributed by atoms with van der Waals surface area (Å²) in [6, 6.07) is 10.9. The van der Waals surface area contributed by atoms with E-state index >= 15 is 0 Å². The van der Waals surface area contributed by atoms with Gasteiger partial charge in [-0.25, -0.2) is 13.1 Å². The Hall–Kier alpha value is -2.78. The van der Waals surface area contributed by atoms with Crippen LogP contribution >= 0.6 is 0 Å². The van der Waals surface area contributed by atoms with E-state index in [-0.39, 0.29) is 23.0 Å². The molecule has 1 N–H and O–H groups in total. The van der Waals surface area contributed by atoms with Crippen LogP contribution in [0.4, 0.5) is 0 Å². The highest BCUT2D eigenvalue weighted by Gasteiger charge is 2.25. The summed E-state index contributed by atoms with van der Waals surface area (Å²) < 4.78 is 44.7. The number of sulfonamides is 1. The largest absolute Gasteiger partial charge is 0.497 e. The van der Waals surface area contributed by atoms with Gasteiger partial charge in [-0.1, -0.05) is 12.8 Å². The van der Waals surface area contributed by atoms with E-state index in [9.17, 15) is 13.2 Å². The third-order valence-corrected chi connectivity index (χ3v) is 7.11. The Morgan fingerprint density at radius 3 is 2.21 bits per heavy atom. The Kier molecular flexibility index (Phi) is 8.57. The van der Waals surface area contributed by atoms with Gasteiger partial charge in [-0.05, 0) is 62.2 Å². The van der Waals surface area contributed by atoms with Gasteiger partial charge < -0.3 is 19.1 Å². The molecule has 1 aliphatic rings. The Labute approximate surface area is 195 Å². The molecule has 180 valence electrons. The number of ether oxygens (including phenoxy) is 3. The first kappa shape index (κ1) is 24.9. The number of amides is 1. The van der Waals surface area contributed by atoms with E-state index in [0.29, 0.717) is 30.3 Å². The van der Waals surface area contributed by atoms with Crippen molar-refractivity contribution < 1.29 is 27.4 Å². The highest BCUT2D eigenvalue weighted by atomic mass is 32.2. The summed E-state index contributed by atoms with van der Waals surface area (Å²) in [6.07, 6.45) is 4.07. The monoisotopic (exact) mass is 476 g/mol. The molecule has 0 radical (unpaired) electrons. The summed E-state index contributed by atoms with van der Waals surface area (Å²) in [5.74, 6) is 1.47. The van der Waals surface area contributed by atoms with Gasteiger partial charge in [0.2, 0.25) is 10.0 Å².